The minimum absolute atomic E-state index is 0.194. The number of carbonyl (C=O) groups is 1. The largest absolute Gasteiger partial charge is 0.457 e. The number of aliphatic hydroxyl groups is 1. The molecule has 4 heteroatoms. The Kier molecular flexibility index (Phi) is 6.83. The van der Waals surface area contributed by atoms with Gasteiger partial charge in [0.1, 0.15) is 12.3 Å². The number of benzene rings is 1. The summed E-state index contributed by atoms with van der Waals surface area (Å²) < 4.78 is 5.24. The van der Waals surface area contributed by atoms with Gasteiger partial charge in [0.2, 0.25) is 0 Å². The van der Waals surface area contributed by atoms with Crippen molar-refractivity contribution in [3.63, 3.8) is 0 Å². The maximum Gasteiger partial charge on any atom is 0.340 e. The molecule has 0 saturated carbocycles. The third kappa shape index (κ3) is 5.93. The molecule has 1 N–H and O–H groups in total. The Hall–Kier alpha value is -2.64. The van der Waals surface area contributed by atoms with E-state index in [9.17, 15) is 4.79 Å². The lowest BCUT2D eigenvalue weighted by molar-refractivity contribution is 0.0472. The molecule has 0 spiro atoms. The molecule has 0 unspecified atom stereocenters. The molecule has 2 aromatic rings. The number of pyridine rings is 1. The molecule has 0 amide bonds. The molecule has 4 nitrogen and oxygen atoms in total. The topological polar surface area (TPSA) is 59.4 Å². The third-order valence-electron chi connectivity index (χ3n) is 3.14. The summed E-state index contributed by atoms with van der Waals surface area (Å²) in [5, 5.41) is 8.68. The van der Waals surface area contributed by atoms with Gasteiger partial charge in [-0.25, -0.2) is 9.78 Å². The summed E-state index contributed by atoms with van der Waals surface area (Å²) in [6.45, 7) is 0.436. The van der Waals surface area contributed by atoms with Gasteiger partial charge in [-0.15, -0.1) is 0 Å². The minimum Gasteiger partial charge on any atom is -0.457 e. The van der Waals surface area contributed by atoms with Gasteiger partial charge in [-0.3, -0.25) is 0 Å². The minimum atomic E-state index is -0.399. The third-order valence-corrected chi connectivity index (χ3v) is 3.14. The number of esters is 1. The zero-order valence-electron chi connectivity index (χ0n) is 12.9. The number of unbranched alkanes of at least 4 members (excludes halogenated alkanes) is 2. The van der Waals surface area contributed by atoms with Gasteiger partial charge >= 0.3 is 5.97 Å². The molecule has 118 valence electrons. The summed E-state index contributed by atoms with van der Waals surface area (Å²) in [6.07, 6.45) is 3.83. The number of hydrogen-bond donors (Lipinski definition) is 1. The Morgan fingerprint density at radius 2 is 1.96 bits per heavy atom. The predicted molar refractivity (Wildman–Crippen MR) is 87.6 cm³/mol. The SMILES string of the molecule is O=C(OCc1ccccc1)c1ccc(C#CCCCCO)nc1. The Morgan fingerprint density at radius 1 is 1.13 bits per heavy atom. The lowest BCUT2D eigenvalue weighted by Gasteiger charge is -2.04. The van der Waals surface area contributed by atoms with Crippen LogP contribution < -0.4 is 0 Å². The fourth-order valence-corrected chi connectivity index (χ4v) is 1.87. The number of nitrogens with zero attached hydrogens (tertiary/aromatic N) is 1. The van der Waals surface area contributed by atoms with E-state index < -0.39 is 5.97 Å². The fourth-order valence-electron chi connectivity index (χ4n) is 1.87. The molecule has 1 aromatic carbocycles. The summed E-state index contributed by atoms with van der Waals surface area (Å²) in [6, 6.07) is 12.9. The maximum absolute atomic E-state index is 11.9. The maximum atomic E-state index is 11.9. The highest BCUT2D eigenvalue weighted by Crippen LogP contribution is 2.06. The van der Waals surface area contributed by atoms with E-state index >= 15 is 0 Å². The van der Waals surface area contributed by atoms with E-state index in [4.69, 9.17) is 9.84 Å². The van der Waals surface area contributed by atoms with Gasteiger partial charge in [0.25, 0.3) is 0 Å². The van der Waals surface area contributed by atoms with Gasteiger partial charge in [0.05, 0.1) is 5.56 Å². The summed E-state index contributed by atoms with van der Waals surface area (Å²) in [7, 11) is 0. The van der Waals surface area contributed by atoms with E-state index in [1.807, 2.05) is 30.3 Å². The smallest absolute Gasteiger partial charge is 0.340 e. The first-order valence-corrected chi connectivity index (χ1v) is 7.56. The normalized spacial score (nSPS) is 9.78. The predicted octanol–water partition coefficient (Wildman–Crippen LogP) is 2.95. The number of aromatic nitrogens is 1. The zero-order chi connectivity index (χ0) is 16.3. The van der Waals surface area contributed by atoms with Crippen LogP contribution in [0.1, 0.15) is 40.9 Å². The van der Waals surface area contributed by atoms with Crippen LogP contribution in [0.2, 0.25) is 0 Å². The Bertz CT molecular complexity index is 669. The first kappa shape index (κ1) is 16.7. The second-order valence-corrected chi connectivity index (χ2v) is 4.98. The lowest BCUT2D eigenvalue weighted by Crippen LogP contribution is -2.05. The van der Waals surface area contributed by atoms with E-state index in [2.05, 4.69) is 16.8 Å². The van der Waals surface area contributed by atoms with Crippen molar-refractivity contribution in [2.24, 2.45) is 0 Å². The van der Waals surface area contributed by atoms with Crippen molar-refractivity contribution in [3.05, 3.63) is 65.5 Å². The average molecular weight is 309 g/mol. The van der Waals surface area contributed by atoms with Gasteiger partial charge in [0, 0.05) is 19.2 Å². The van der Waals surface area contributed by atoms with Crippen LogP contribution in [0.25, 0.3) is 0 Å². The molecule has 1 aromatic heterocycles. The average Bonchev–Trinajstić information content (AvgIpc) is 2.61. The van der Waals surface area contributed by atoms with Crippen LogP contribution in [0.3, 0.4) is 0 Å². The molecule has 0 fully saturated rings. The molecular weight excluding hydrogens is 290 g/mol. The lowest BCUT2D eigenvalue weighted by atomic mass is 10.2. The van der Waals surface area contributed by atoms with Crippen molar-refractivity contribution >= 4 is 5.97 Å². The van der Waals surface area contributed by atoms with E-state index in [0.717, 1.165) is 24.8 Å². The van der Waals surface area contributed by atoms with Crippen LogP contribution in [-0.2, 0) is 11.3 Å². The summed E-state index contributed by atoms with van der Waals surface area (Å²) in [5.41, 5.74) is 1.97. The molecule has 2 rings (SSSR count). The van der Waals surface area contributed by atoms with Crippen molar-refractivity contribution in [1.29, 1.82) is 0 Å². The van der Waals surface area contributed by atoms with E-state index in [1.165, 1.54) is 6.20 Å². The Balaban J connectivity index is 1.85. The van der Waals surface area contributed by atoms with E-state index in [0.29, 0.717) is 11.3 Å². The monoisotopic (exact) mass is 309 g/mol. The quantitative estimate of drug-likeness (QED) is 0.506. The number of hydrogen-bond acceptors (Lipinski definition) is 4. The van der Waals surface area contributed by atoms with Gasteiger partial charge in [-0.05, 0) is 36.5 Å². The number of carbonyl (C=O) groups excluding carboxylic acids is 1. The highest BCUT2D eigenvalue weighted by atomic mass is 16.5. The van der Waals surface area contributed by atoms with Crippen LogP contribution in [0.4, 0.5) is 0 Å². The molecule has 0 aliphatic heterocycles. The Morgan fingerprint density at radius 3 is 2.65 bits per heavy atom. The standard InChI is InChI=1S/C19H19NO3/c21-13-7-2-1-6-10-18-12-11-17(14-20-18)19(22)23-15-16-8-4-3-5-9-16/h3-5,8-9,11-12,14,21H,1-2,7,13,15H2. The molecule has 0 bridgehead atoms. The second kappa shape index (κ2) is 9.39. The van der Waals surface area contributed by atoms with Crippen LogP contribution in [0.5, 0.6) is 0 Å². The summed E-state index contributed by atoms with van der Waals surface area (Å²) >= 11 is 0. The molecule has 0 aliphatic rings. The molecule has 0 aliphatic carbocycles. The number of rotatable bonds is 6. The van der Waals surface area contributed by atoms with Crippen LogP contribution in [-0.4, -0.2) is 22.7 Å². The van der Waals surface area contributed by atoms with Crippen LogP contribution in [0.15, 0.2) is 48.7 Å². The van der Waals surface area contributed by atoms with E-state index in [-0.39, 0.29) is 13.2 Å². The second-order valence-electron chi connectivity index (χ2n) is 4.98. The molecule has 23 heavy (non-hydrogen) atoms. The fraction of sp³-hybridized carbons (Fsp3) is 0.263. The van der Waals surface area contributed by atoms with Gasteiger partial charge in [-0.1, -0.05) is 36.3 Å². The van der Waals surface area contributed by atoms with Crippen LogP contribution >= 0.6 is 0 Å². The van der Waals surface area contributed by atoms with Crippen LogP contribution in [0, 0.1) is 11.8 Å². The van der Waals surface area contributed by atoms with Gasteiger partial charge in [0.15, 0.2) is 0 Å². The number of ether oxygens (including phenoxy) is 1. The van der Waals surface area contributed by atoms with Crippen molar-refractivity contribution in [2.75, 3.05) is 6.61 Å². The first-order chi connectivity index (χ1) is 11.3. The Labute approximate surface area is 136 Å². The summed E-state index contributed by atoms with van der Waals surface area (Å²) in [5.74, 6) is 5.53. The molecule has 0 atom stereocenters. The molecule has 0 saturated heterocycles. The summed E-state index contributed by atoms with van der Waals surface area (Å²) in [4.78, 5) is 16.1. The molecule has 1 heterocycles. The van der Waals surface area contributed by atoms with Gasteiger partial charge < -0.3 is 9.84 Å². The van der Waals surface area contributed by atoms with E-state index in [1.54, 1.807) is 12.1 Å². The van der Waals surface area contributed by atoms with Crippen molar-refractivity contribution in [1.82, 2.24) is 4.98 Å². The number of aliphatic hydroxyl groups excluding tert-OH is 1. The van der Waals surface area contributed by atoms with Crippen molar-refractivity contribution in [3.8, 4) is 11.8 Å². The highest BCUT2D eigenvalue weighted by Gasteiger charge is 2.07. The molecule has 0 radical (unpaired) electrons. The first-order valence-electron chi connectivity index (χ1n) is 7.56. The zero-order valence-corrected chi connectivity index (χ0v) is 12.9. The highest BCUT2D eigenvalue weighted by molar-refractivity contribution is 5.89. The molecular formula is C19H19NO3. The van der Waals surface area contributed by atoms with Crippen molar-refractivity contribution in [2.45, 2.75) is 25.9 Å². The van der Waals surface area contributed by atoms with Gasteiger partial charge in [-0.2, -0.15) is 0 Å². The van der Waals surface area contributed by atoms with Crippen molar-refractivity contribution < 1.29 is 14.6 Å².